The molecule has 4 rings (SSSR count). The molecule has 2 aromatic heterocycles. The minimum atomic E-state index is -0.509. The van der Waals surface area contributed by atoms with Crippen LogP contribution in [-0.4, -0.2) is 57.5 Å². The first-order valence-electron chi connectivity index (χ1n) is 10.4. The molecule has 0 radical (unpaired) electrons. The van der Waals surface area contributed by atoms with Gasteiger partial charge in [0.05, 0.1) is 6.20 Å². The van der Waals surface area contributed by atoms with Crippen LogP contribution in [0.5, 0.6) is 0 Å². The van der Waals surface area contributed by atoms with Gasteiger partial charge < -0.3 is 10.2 Å². The van der Waals surface area contributed by atoms with E-state index in [2.05, 4.69) is 37.0 Å². The lowest BCUT2D eigenvalue weighted by Crippen LogP contribution is -2.45. The summed E-state index contributed by atoms with van der Waals surface area (Å²) in [5.41, 5.74) is 3.14. The molecule has 156 valence electrons. The molecular formula is C23H27FN6. The maximum atomic E-state index is 14.3. The number of hydrogen-bond donors (Lipinski definition) is 1. The van der Waals surface area contributed by atoms with Gasteiger partial charge in [-0.05, 0) is 25.1 Å². The average molecular weight is 407 g/mol. The van der Waals surface area contributed by atoms with Crippen molar-refractivity contribution in [3.8, 4) is 11.4 Å². The first-order chi connectivity index (χ1) is 14.6. The zero-order valence-corrected chi connectivity index (χ0v) is 17.5. The van der Waals surface area contributed by atoms with E-state index in [9.17, 15) is 4.39 Å². The SMILES string of the molecule is CCN1CCN(Cc2ccc(Nc3nc(-c4ccc(C)cc4)ncc3F)nc2)CC1. The highest BCUT2D eigenvalue weighted by Gasteiger charge is 2.16. The molecule has 0 amide bonds. The molecule has 3 heterocycles. The number of aryl methyl sites for hydroxylation is 1. The number of likely N-dealkylation sites (N-methyl/N-ethyl adjacent to an activating group) is 1. The molecular weight excluding hydrogens is 379 g/mol. The lowest BCUT2D eigenvalue weighted by molar-refractivity contribution is 0.132. The molecule has 1 aliphatic rings. The number of anilines is 2. The summed E-state index contributed by atoms with van der Waals surface area (Å²) >= 11 is 0. The molecule has 0 saturated carbocycles. The monoisotopic (exact) mass is 406 g/mol. The molecule has 1 aromatic carbocycles. The lowest BCUT2D eigenvalue weighted by Gasteiger charge is -2.33. The summed E-state index contributed by atoms with van der Waals surface area (Å²) in [6.45, 7) is 10.6. The quantitative estimate of drug-likeness (QED) is 0.671. The molecule has 7 heteroatoms. The van der Waals surface area contributed by atoms with E-state index in [4.69, 9.17) is 0 Å². The molecule has 0 spiro atoms. The van der Waals surface area contributed by atoms with Gasteiger partial charge in [0.1, 0.15) is 5.82 Å². The van der Waals surface area contributed by atoms with Gasteiger partial charge in [-0.1, -0.05) is 42.8 Å². The van der Waals surface area contributed by atoms with Gasteiger partial charge in [0, 0.05) is 44.5 Å². The fraction of sp³-hybridized carbons (Fsp3) is 0.348. The number of nitrogens with one attached hydrogen (secondary N) is 1. The number of rotatable bonds is 6. The molecule has 0 unspecified atom stereocenters. The third kappa shape index (κ3) is 4.98. The van der Waals surface area contributed by atoms with Gasteiger partial charge in [0.25, 0.3) is 0 Å². The number of halogens is 1. The van der Waals surface area contributed by atoms with Crippen molar-refractivity contribution in [1.82, 2.24) is 24.8 Å². The Morgan fingerprint density at radius 1 is 0.933 bits per heavy atom. The molecule has 1 fully saturated rings. The van der Waals surface area contributed by atoms with E-state index in [1.54, 1.807) is 0 Å². The Hall–Kier alpha value is -2.90. The number of piperazine rings is 1. The van der Waals surface area contributed by atoms with Gasteiger partial charge in [-0.2, -0.15) is 0 Å². The Morgan fingerprint density at radius 3 is 2.33 bits per heavy atom. The van der Waals surface area contributed by atoms with E-state index >= 15 is 0 Å². The standard InChI is InChI=1S/C23H27FN6/c1-3-29-10-12-30(13-11-29)16-18-6-9-21(25-14-18)27-23-20(24)15-26-22(28-23)19-7-4-17(2)5-8-19/h4-9,14-15H,3,10-13,16H2,1-2H3,(H,25,26,27,28). The van der Waals surface area contributed by atoms with E-state index in [1.807, 2.05) is 49.5 Å². The molecule has 0 bridgehead atoms. The molecule has 0 atom stereocenters. The van der Waals surface area contributed by atoms with Crippen LogP contribution in [0.1, 0.15) is 18.1 Å². The van der Waals surface area contributed by atoms with Crippen molar-refractivity contribution < 1.29 is 4.39 Å². The van der Waals surface area contributed by atoms with Crippen LogP contribution in [-0.2, 0) is 6.54 Å². The number of hydrogen-bond acceptors (Lipinski definition) is 6. The summed E-state index contributed by atoms with van der Waals surface area (Å²) in [4.78, 5) is 17.8. The maximum absolute atomic E-state index is 14.3. The lowest BCUT2D eigenvalue weighted by atomic mass is 10.1. The summed E-state index contributed by atoms with van der Waals surface area (Å²) < 4.78 is 14.3. The van der Waals surface area contributed by atoms with E-state index in [0.29, 0.717) is 11.6 Å². The Balaban J connectivity index is 1.42. The van der Waals surface area contributed by atoms with E-state index < -0.39 is 5.82 Å². The molecule has 1 N–H and O–H groups in total. The van der Waals surface area contributed by atoms with Gasteiger partial charge in [-0.15, -0.1) is 0 Å². The fourth-order valence-electron chi connectivity index (χ4n) is 3.53. The summed E-state index contributed by atoms with van der Waals surface area (Å²) in [5.74, 6) is 0.644. The van der Waals surface area contributed by atoms with Crippen molar-refractivity contribution in [2.45, 2.75) is 20.4 Å². The molecule has 1 saturated heterocycles. The maximum Gasteiger partial charge on any atom is 0.184 e. The summed E-state index contributed by atoms with van der Waals surface area (Å²) in [6.07, 6.45) is 3.03. The molecule has 30 heavy (non-hydrogen) atoms. The second-order valence-electron chi connectivity index (χ2n) is 7.64. The van der Waals surface area contributed by atoms with E-state index in [0.717, 1.165) is 56.0 Å². The van der Waals surface area contributed by atoms with Crippen molar-refractivity contribution in [1.29, 1.82) is 0 Å². The first-order valence-corrected chi connectivity index (χ1v) is 10.4. The highest BCUT2D eigenvalue weighted by Crippen LogP contribution is 2.21. The number of pyridine rings is 1. The molecule has 1 aliphatic heterocycles. The van der Waals surface area contributed by atoms with Crippen LogP contribution in [0.15, 0.2) is 48.8 Å². The van der Waals surface area contributed by atoms with Gasteiger partial charge >= 0.3 is 0 Å². The first kappa shape index (κ1) is 20.4. The van der Waals surface area contributed by atoms with E-state index in [-0.39, 0.29) is 5.82 Å². The largest absolute Gasteiger partial charge is 0.322 e. The third-order valence-electron chi connectivity index (χ3n) is 5.44. The van der Waals surface area contributed by atoms with Gasteiger partial charge in [-0.3, -0.25) is 4.90 Å². The second-order valence-corrected chi connectivity index (χ2v) is 7.64. The summed E-state index contributed by atoms with van der Waals surface area (Å²) in [6, 6.07) is 11.7. The highest BCUT2D eigenvalue weighted by molar-refractivity contribution is 5.60. The Kier molecular flexibility index (Phi) is 6.30. The number of benzene rings is 1. The number of aromatic nitrogens is 3. The van der Waals surface area contributed by atoms with Crippen molar-refractivity contribution in [2.75, 3.05) is 38.0 Å². The second kappa shape index (κ2) is 9.28. The van der Waals surface area contributed by atoms with Crippen molar-refractivity contribution in [3.05, 3.63) is 65.7 Å². The Labute approximate surface area is 176 Å². The van der Waals surface area contributed by atoms with Gasteiger partial charge in [0.15, 0.2) is 17.5 Å². The van der Waals surface area contributed by atoms with Crippen molar-refractivity contribution in [3.63, 3.8) is 0 Å². The van der Waals surface area contributed by atoms with Crippen LogP contribution in [0.3, 0.4) is 0 Å². The highest BCUT2D eigenvalue weighted by atomic mass is 19.1. The van der Waals surface area contributed by atoms with Crippen LogP contribution < -0.4 is 5.32 Å². The number of nitrogens with zero attached hydrogens (tertiary/aromatic N) is 5. The fourth-order valence-corrected chi connectivity index (χ4v) is 3.53. The van der Waals surface area contributed by atoms with E-state index in [1.165, 1.54) is 6.20 Å². The van der Waals surface area contributed by atoms with Gasteiger partial charge in [-0.25, -0.2) is 19.3 Å². The predicted octanol–water partition coefficient (Wildman–Crippen LogP) is 3.87. The Morgan fingerprint density at radius 2 is 1.67 bits per heavy atom. The smallest absolute Gasteiger partial charge is 0.184 e. The Bertz CT molecular complexity index is 966. The minimum absolute atomic E-state index is 0.122. The van der Waals surface area contributed by atoms with Crippen molar-refractivity contribution >= 4 is 11.6 Å². The van der Waals surface area contributed by atoms with Crippen LogP contribution in [0.4, 0.5) is 16.0 Å². The van der Waals surface area contributed by atoms with Crippen LogP contribution in [0, 0.1) is 12.7 Å². The zero-order valence-electron chi connectivity index (χ0n) is 17.5. The average Bonchev–Trinajstić information content (AvgIpc) is 2.78. The van der Waals surface area contributed by atoms with Crippen LogP contribution >= 0.6 is 0 Å². The topological polar surface area (TPSA) is 57.2 Å². The molecule has 3 aromatic rings. The predicted molar refractivity (Wildman–Crippen MR) is 117 cm³/mol. The summed E-state index contributed by atoms with van der Waals surface area (Å²) in [7, 11) is 0. The minimum Gasteiger partial charge on any atom is -0.322 e. The molecule has 0 aliphatic carbocycles. The van der Waals surface area contributed by atoms with Crippen LogP contribution in [0.25, 0.3) is 11.4 Å². The summed E-state index contributed by atoms with van der Waals surface area (Å²) in [5, 5.41) is 2.98. The third-order valence-corrected chi connectivity index (χ3v) is 5.44. The van der Waals surface area contributed by atoms with Crippen LogP contribution in [0.2, 0.25) is 0 Å². The zero-order chi connectivity index (χ0) is 20.9. The molecule has 6 nitrogen and oxygen atoms in total. The van der Waals surface area contributed by atoms with Gasteiger partial charge in [0.2, 0.25) is 0 Å². The van der Waals surface area contributed by atoms with Crippen molar-refractivity contribution in [2.24, 2.45) is 0 Å². The normalized spacial score (nSPS) is 15.3.